The normalized spacial score (nSPS) is 12.5. The van der Waals surface area contributed by atoms with Crippen molar-refractivity contribution in [2.24, 2.45) is 0 Å². The van der Waals surface area contributed by atoms with Crippen LogP contribution in [0, 0.1) is 5.82 Å². The average Bonchev–Trinajstić information content (AvgIpc) is 2.98. The van der Waals surface area contributed by atoms with Crippen molar-refractivity contribution in [2.75, 3.05) is 18.5 Å². The molecule has 114 valence electrons. The third kappa shape index (κ3) is 2.92. The molecule has 2 heterocycles. The van der Waals surface area contributed by atoms with Crippen LogP contribution in [0.25, 0.3) is 21.3 Å². The first kappa shape index (κ1) is 14.8. The molecule has 0 bridgehead atoms. The van der Waals surface area contributed by atoms with Crippen molar-refractivity contribution >= 4 is 27.4 Å². The van der Waals surface area contributed by atoms with Crippen molar-refractivity contribution < 1.29 is 14.6 Å². The van der Waals surface area contributed by atoms with Gasteiger partial charge in [0.05, 0.1) is 18.1 Å². The van der Waals surface area contributed by atoms with E-state index in [-0.39, 0.29) is 19.0 Å². The van der Waals surface area contributed by atoms with Crippen LogP contribution in [0.1, 0.15) is 0 Å². The molecule has 0 radical (unpaired) electrons. The summed E-state index contributed by atoms with van der Waals surface area (Å²) in [4.78, 5) is 9.24. The van der Waals surface area contributed by atoms with E-state index >= 15 is 0 Å². The molecule has 5 nitrogen and oxygen atoms in total. The summed E-state index contributed by atoms with van der Waals surface area (Å²) in [7, 11) is 0. The molecule has 0 amide bonds. The molecule has 1 aromatic carbocycles. The van der Waals surface area contributed by atoms with Crippen molar-refractivity contribution in [3.63, 3.8) is 0 Å². The number of thiophene rings is 1. The Morgan fingerprint density at radius 3 is 2.73 bits per heavy atom. The maximum Gasteiger partial charge on any atom is 0.138 e. The van der Waals surface area contributed by atoms with E-state index in [0.717, 1.165) is 21.3 Å². The average molecular weight is 319 g/mol. The Hall–Kier alpha value is -2.09. The van der Waals surface area contributed by atoms with Crippen molar-refractivity contribution in [1.29, 1.82) is 0 Å². The number of hydrogen-bond donors (Lipinski definition) is 3. The Labute approximate surface area is 130 Å². The molecular weight excluding hydrogens is 305 g/mol. The summed E-state index contributed by atoms with van der Waals surface area (Å²) >= 11 is 1.47. The monoisotopic (exact) mass is 319 g/mol. The Kier molecular flexibility index (Phi) is 4.28. The summed E-state index contributed by atoms with van der Waals surface area (Å²) < 4.78 is 13.1. The lowest BCUT2D eigenvalue weighted by Gasteiger charge is -2.11. The van der Waals surface area contributed by atoms with Gasteiger partial charge in [-0.3, -0.25) is 0 Å². The van der Waals surface area contributed by atoms with Crippen LogP contribution in [0.3, 0.4) is 0 Å². The second-order valence-electron chi connectivity index (χ2n) is 4.78. The molecule has 3 N–H and O–H groups in total. The van der Waals surface area contributed by atoms with Crippen LogP contribution in [0.2, 0.25) is 0 Å². The zero-order valence-corrected chi connectivity index (χ0v) is 12.3. The number of aliphatic hydroxyl groups is 2. The standard InChI is InChI=1S/C15H14FN3O2S/c16-10-3-1-9(2-4-10)12-7-22-15-13(12)14(18-8-19-15)17-5-11(21)6-20/h1-4,7-8,11,20-21H,5-6H2,(H,17,18,19)/t11-/m1/s1. The molecule has 0 saturated heterocycles. The fourth-order valence-corrected chi connectivity index (χ4v) is 3.05. The van der Waals surface area contributed by atoms with E-state index in [1.807, 2.05) is 5.38 Å². The highest BCUT2D eigenvalue weighted by molar-refractivity contribution is 7.17. The Bertz CT molecular complexity index is 776. The number of hydrogen-bond acceptors (Lipinski definition) is 6. The lowest BCUT2D eigenvalue weighted by atomic mass is 10.1. The number of halogens is 1. The second-order valence-corrected chi connectivity index (χ2v) is 5.63. The Morgan fingerprint density at radius 2 is 2.00 bits per heavy atom. The summed E-state index contributed by atoms with van der Waals surface area (Å²) in [5.74, 6) is 0.294. The van der Waals surface area contributed by atoms with Gasteiger partial charge in [-0.25, -0.2) is 14.4 Å². The molecule has 0 aliphatic carbocycles. The highest BCUT2D eigenvalue weighted by Crippen LogP contribution is 2.36. The van der Waals surface area contributed by atoms with E-state index in [4.69, 9.17) is 5.11 Å². The summed E-state index contributed by atoms with van der Waals surface area (Å²) in [5, 5.41) is 24.1. The molecule has 3 aromatic rings. The minimum atomic E-state index is -0.863. The molecule has 2 aromatic heterocycles. The number of nitrogens with one attached hydrogen (secondary N) is 1. The van der Waals surface area contributed by atoms with E-state index in [9.17, 15) is 9.50 Å². The lowest BCUT2D eigenvalue weighted by molar-refractivity contribution is 0.105. The van der Waals surface area contributed by atoms with Crippen molar-refractivity contribution in [3.8, 4) is 11.1 Å². The highest BCUT2D eigenvalue weighted by Gasteiger charge is 2.13. The lowest BCUT2D eigenvalue weighted by Crippen LogP contribution is -2.23. The van der Waals surface area contributed by atoms with Gasteiger partial charge >= 0.3 is 0 Å². The Balaban J connectivity index is 2.02. The van der Waals surface area contributed by atoms with Gasteiger partial charge in [-0.2, -0.15) is 0 Å². The van der Waals surface area contributed by atoms with E-state index in [2.05, 4.69) is 15.3 Å². The van der Waals surface area contributed by atoms with Crippen LogP contribution in [-0.2, 0) is 0 Å². The molecular formula is C15H14FN3O2S. The molecule has 3 rings (SSSR count). The van der Waals surface area contributed by atoms with Gasteiger partial charge in [0.1, 0.15) is 22.8 Å². The predicted molar refractivity (Wildman–Crippen MR) is 84.4 cm³/mol. The van der Waals surface area contributed by atoms with Gasteiger partial charge < -0.3 is 15.5 Å². The van der Waals surface area contributed by atoms with Gasteiger partial charge in [0.25, 0.3) is 0 Å². The van der Waals surface area contributed by atoms with E-state index in [1.165, 1.54) is 29.8 Å². The third-order valence-corrected chi connectivity index (χ3v) is 4.13. The van der Waals surface area contributed by atoms with E-state index < -0.39 is 6.10 Å². The van der Waals surface area contributed by atoms with Gasteiger partial charge in [0, 0.05) is 17.5 Å². The number of nitrogens with zero attached hydrogens (tertiary/aromatic N) is 2. The molecule has 7 heteroatoms. The predicted octanol–water partition coefficient (Wildman–Crippen LogP) is 2.26. The number of aliphatic hydroxyl groups excluding tert-OH is 2. The topological polar surface area (TPSA) is 78.3 Å². The van der Waals surface area contributed by atoms with Crippen molar-refractivity contribution in [2.45, 2.75) is 6.10 Å². The largest absolute Gasteiger partial charge is 0.394 e. The maximum atomic E-state index is 13.1. The van der Waals surface area contributed by atoms with Crippen LogP contribution in [-0.4, -0.2) is 39.4 Å². The first-order chi connectivity index (χ1) is 10.7. The van der Waals surface area contributed by atoms with Crippen LogP contribution in [0.4, 0.5) is 10.2 Å². The molecule has 0 unspecified atom stereocenters. The molecule has 1 atom stereocenters. The van der Waals surface area contributed by atoms with E-state index in [0.29, 0.717) is 5.82 Å². The smallest absolute Gasteiger partial charge is 0.138 e. The zero-order chi connectivity index (χ0) is 15.5. The van der Waals surface area contributed by atoms with Crippen molar-refractivity contribution in [3.05, 3.63) is 41.8 Å². The summed E-state index contributed by atoms with van der Waals surface area (Å²) in [6, 6.07) is 6.23. The Morgan fingerprint density at radius 1 is 1.23 bits per heavy atom. The second kappa shape index (κ2) is 6.35. The molecule has 22 heavy (non-hydrogen) atoms. The minimum absolute atomic E-state index is 0.182. The number of benzene rings is 1. The molecule has 0 spiro atoms. The molecule has 0 saturated carbocycles. The van der Waals surface area contributed by atoms with Crippen LogP contribution in [0.15, 0.2) is 36.0 Å². The summed E-state index contributed by atoms with van der Waals surface area (Å²) in [6.07, 6.45) is 0.582. The third-order valence-electron chi connectivity index (χ3n) is 3.24. The van der Waals surface area contributed by atoms with Crippen LogP contribution in [0.5, 0.6) is 0 Å². The SMILES string of the molecule is OC[C@H](O)CNc1ncnc2scc(-c3ccc(F)cc3)c12. The summed E-state index contributed by atoms with van der Waals surface area (Å²) in [6.45, 7) is -0.142. The first-order valence-electron chi connectivity index (χ1n) is 6.70. The maximum absolute atomic E-state index is 13.1. The number of rotatable bonds is 5. The fraction of sp³-hybridized carbons (Fsp3) is 0.200. The molecule has 0 fully saturated rings. The van der Waals surface area contributed by atoms with Gasteiger partial charge in [-0.1, -0.05) is 12.1 Å². The van der Waals surface area contributed by atoms with E-state index in [1.54, 1.807) is 12.1 Å². The number of fused-ring (bicyclic) bond motifs is 1. The van der Waals surface area contributed by atoms with Gasteiger partial charge in [0.2, 0.25) is 0 Å². The zero-order valence-electron chi connectivity index (χ0n) is 11.5. The molecule has 0 aliphatic heterocycles. The molecule has 0 aliphatic rings. The number of aromatic nitrogens is 2. The van der Waals surface area contributed by atoms with Crippen LogP contribution >= 0.6 is 11.3 Å². The van der Waals surface area contributed by atoms with Crippen molar-refractivity contribution in [1.82, 2.24) is 9.97 Å². The number of anilines is 1. The van der Waals surface area contributed by atoms with Gasteiger partial charge in [0.15, 0.2) is 0 Å². The van der Waals surface area contributed by atoms with Crippen LogP contribution < -0.4 is 5.32 Å². The fourth-order valence-electron chi connectivity index (χ4n) is 2.13. The van der Waals surface area contributed by atoms with Gasteiger partial charge in [-0.05, 0) is 17.7 Å². The highest BCUT2D eigenvalue weighted by atomic mass is 32.1. The van der Waals surface area contributed by atoms with Gasteiger partial charge in [-0.15, -0.1) is 11.3 Å². The minimum Gasteiger partial charge on any atom is -0.394 e. The summed E-state index contributed by atoms with van der Waals surface area (Å²) in [5.41, 5.74) is 1.77. The quantitative estimate of drug-likeness (QED) is 0.672. The first-order valence-corrected chi connectivity index (χ1v) is 7.58.